The fourth-order valence-electron chi connectivity index (χ4n) is 4.02. The van der Waals surface area contributed by atoms with E-state index < -0.39 is 30.0 Å². The second-order valence-electron chi connectivity index (χ2n) is 8.48. The third-order valence-electron chi connectivity index (χ3n) is 5.75. The highest BCUT2D eigenvalue weighted by atomic mass is 19.1. The zero-order valence-corrected chi connectivity index (χ0v) is 20.7. The average Bonchev–Trinajstić information content (AvgIpc) is 2.89. The van der Waals surface area contributed by atoms with Gasteiger partial charge in [-0.2, -0.15) is 0 Å². The Morgan fingerprint density at radius 1 is 0.974 bits per heavy atom. The number of aromatic hydroxyl groups is 1. The van der Waals surface area contributed by atoms with E-state index in [0.717, 1.165) is 0 Å². The van der Waals surface area contributed by atoms with E-state index >= 15 is 0 Å². The van der Waals surface area contributed by atoms with Crippen LogP contribution in [0.3, 0.4) is 0 Å². The van der Waals surface area contributed by atoms with Crippen LogP contribution in [0.25, 0.3) is 10.8 Å². The summed E-state index contributed by atoms with van der Waals surface area (Å²) in [6, 6.07) is 13.5. The number of aliphatic carboxylic acids is 1. The molecule has 9 nitrogen and oxygen atoms in total. The summed E-state index contributed by atoms with van der Waals surface area (Å²) in [6.45, 7) is 2.92. The molecule has 3 N–H and O–H groups in total. The number of amides is 1. The molecule has 4 rings (SSSR count). The van der Waals surface area contributed by atoms with Crippen LogP contribution in [-0.4, -0.2) is 46.5 Å². The van der Waals surface area contributed by atoms with Gasteiger partial charge in [0.25, 0.3) is 5.91 Å². The van der Waals surface area contributed by atoms with E-state index in [1.807, 2.05) is 0 Å². The van der Waals surface area contributed by atoms with Crippen LogP contribution in [0.1, 0.15) is 37.5 Å². The molecule has 38 heavy (non-hydrogen) atoms. The Morgan fingerprint density at radius 3 is 2.32 bits per heavy atom. The molecule has 0 aliphatic carbocycles. The SMILES string of the molecule is COc1nc(C(=O)NCC(=O)O)c(O)c2ccc(Oc3c(C)cc(C(=O)c4cccc(F)c4)cc3C)cc12. The van der Waals surface area contributed by atoms with Gasteiger partial charge in [0.1, 0.15) is 23.9 Å². The van der Waals surface area contributed by atoms with Crippen molar-refractivity contribution in [2.24, 2.45) is 0 Å². The van der Waals surface area contributed by atoms with Gasteiger partial charge >= 0.3 is 5.97 Å². The highest BCUT2D eigenvalue weighted by Gasteiger charge is 2.21. The van der Waals surface area contributed by atoms with Crippen LogP contribution in [0.5, 0.6) is 23.1 Å². The summed E-state index contributed by atoms with van der Waals surface area (Å²) in [5, 5.41) is 22.2. The summed E-state index contributed by atoms with van der Waals surface area (Å²) in [5.41, 5.74) is 1.59. The fourth-order valence-corrected chi connectivity index (χ4v) is 4.02. The van der Waals surface area contributed by atoms with Crippen molar-refractivity contribution in [3.05, 3.63) is 88.4 Å². The van der Waals surface area contributed by atoms with Crippen molar-refractivity contribution < 1.29 is 38.5 Å². The van der Waals surface area contributed by atoms with Crippen molar-refractivity contribution in [3.63, 3.8) is 0 Å². The number of carbonyl (C=O) groups is 3. The molecule has 3 aromatic carbocycles. The molecule has 0 aliphatic heterocycles. The molecule has 0 saturated heterocycles. The Labute approximate surface area is 216 Å². The summed E-state index contributed by atoms with van der Waals surface area (Å²) < 4.78 is 25.0. The number of pyridine rings is 1. The van der Waals surface area contributed by atoms with Gasteiger partial charge in [-0.05, 0) is 67.4 Å². The molecule has 0 fully saturated rings. The number of hydrogen-bond donors (Lipinski definition) is 3. The number of halogens is 1. The molecule has 0 unspecified atom stereocenters. The largest absolute Gasteiger partial charge is 0.505 e. The predicted octanol–water partition coefficient (Wildman–Crippen LogP) is 4.54. The lowest BCUT2D eigenvalue weighted by Crippen LogP contribution is -2.30. The number of aryl methyl sites for hydroxylation is 2. The monoisotopic (exact) mass is 518 g/mol. The first-order chi connectivity index (χ1) is 18.1. The van der Waals surface area contributed by atoms with E-state index in [1.54, 1.807) is 44.2 Å². The second kappa shape index (κ2) is 10.6. The molecular formula is C28H23FN2O7. The number of carbonyl (C=O) groups excluding carboxylic acids is 2. The standard InChI is InChI=1S/C28H23FN2O7/c1-14-9-17(24(34)16-5-4-6-18(29)11-16)10-15(2)26(14)38-19-7-8-20-21(12-19)28(37-3)31-23(25(20)35)27(36)30-13-22(32)33/h4-12,35H,13H2,1-3H3,(H,30,36)(H,32,33). The number of carboxylic acids is 1. The van der Waals surface area contributed by atoms with Crippen molar-refractivity contribution in [2.45, 2.75) is 13.8 Å². The summed E-state index contributed by atoms with van der Waals surface area (Å²) in [5.74, 6) is -2.48. The van der Waals surface area contributed by atoms with E-state index in [9.17, 15) is 23.9 Å². The molecule has 0 aliphatic rings. The van der Waals surface area contributed by atoms with Crippen molar-refractivity contribution >= 4 is 28.4 Å². The van der Waals surface area contributed by atoms with Crippen LogP contribution >= 0.6 is 0 Å². The maximum Gasteiger partial charge on any atom is 0.322 e. The third kappa shape index (κ3) is 5.24. The van der Waals surface area contributed by atoms with Gasteiger partial charge in [0.2, 0.25) is 5.88 Å². The molecule has 0 radical (unpaired) electrons. The lowest BCUT2D eigenvalue weighted by Gasteiger charge is -2.15. The molecule has 0 atom stereocenters. The van der Waals surface area contributed by atoms with Crippen LogP contribution in [0.2, 0.25) is 0 Å². The number of hydrogen-bond acceptors (Lipinski definition) is 7. The third-order valence-corrected chi connectivity index (χ3v) is 5.75. The first kappa shape index (κ1) is 26.1. The molecule has 0 spiro atoms. The van der Waals surface area contributed by atoms with Gasteiger partial charge < -0.3 is 25.0 Å². The number of nitrogens with one attached hydrogen (secondary N) is 1. The topological polar surface area (TPSA) is 135 Å². The van der Waals surface area contributed by atoms with Crippen LogP contribution in [0.4, 0.5) is 4.39 Å². The Morgan fingerprint density at radius 2 is 1.68 bits per heavy atom. The van der Waals surface area contributed by atoms with E-state index in [0.29, 0.717) is 33.6 Å². The van der Waals surface area contributed by atoms with Gasteiger partial charge in [0.15, 0.2) is 17.2 Å². The zero-order valence-electron chi connectivity index (χ0n) is 20.7. The minimum Gasteiger partial charge on any atom is -0.505 e. The minimum absolute atomic E-state index is 0.0215. The van der Waals surface area contributed by atoms with Gasteiger partial charge in [-0.1, -0.05) is 12.1 Å². The first-order valence-corrected chi connectivity index (χ1v) is 11.4. The number of ether oxygens (including phenoxy) is 2. The lowest BCUT2D eigenvalue weighted by atomic mass is 9.98. The number of nitrogens with zero attached hydrogens (tertiary/aromatic N) is 1. The van der Waals surface area contributed by atoms with Crippen LogP contribution in [0.15, 0.2) is 54.6 Å². The number of carboxylic acid groups (broad SMARTS) is 1. The minimum atomic E-state index is -1.25. The van der Waals surface area contributed by atoms with Crippen LogP contribution in [-0.2, 0) is 4.79 Å². The second-order valence-corrected chi connectivity index (χ2v) is 8.48. The number of methoxy groups -OCH3 is 1. The van der Waals surface area contributed by atoms with Crippen molar-refractivity contribution in [1.29, 1.82) is 0 Å². The van der Waals surface area contributed by atoms with Gasteiger partial charge in [-0.25, -0.2) is 9.37 Å². The summed E-state index contributed by atoms with van der Waals surface area (Å²) in [6.07, 6.45) is 0. The smallest absolute Gasteiger partial charge is 0.322 e. The van der Waals surface area contributed by atoms with Crippen LogP contribution in [0, 0.1) is 19.7 Å². The number of aromatic nitrogens is 1. The normalized spacial score (nSPS) is 10.7. The Hall–Kier alpha value is -4.99. The molecule has 194 valence electrons. The van der Waals surface area contributed by atoms with Crippen molar-refractivity contribution in [1.82, 2.24) is 10.3 Å². The zero-order chi connectivity index (χ0) is 27.6. The average molecular weight is 518 g/mol. The Balaban J connectivity index is 1.67. The first-order valence-electron chi connectivity index (χ1n) is 11.4. The molecule has 10 heteroatoms. The summed E-state index contributed by atoms with van der Waals surface area (Å²) in [4.78, 5) is 40.0. The highest BCUT2D eigenvalue weighted by Crippen LogP contribution is 2.38. The van der Waals surface area contributed by atoms with E-state index in [4.69, 9.17) is 14.6 Å². The van der Waals surface area contributed by atoms with E-state index in [2.05, 4.69) is 10.3 Å². The number of rotatable bonds is 8. The Kier molecular flexibility index (Phi) is 7.24. The fraction of sp³-hybridized carbons (Fsp3) is 0.143. The van der Waals surface area contributed by atoms with E-state index in [-0.39, 0.29) is 28.3 Å². The number of ketones is 1. The number of fused-ring (bicyclic) bond motifs is 1. The maximum atomic E-state index is 13.6. The molecule has 4 aromatic rings. The quantitative estimate of drug-likeness (QED) is 0.289. The van der Waals surface area contributed by atoms with Gasteiger partial charge in [-0.3, -0.25) is 14.4 Å². The predicted molar refractivity (Wildman–Crippen MR) is 136 cm³/mol. The highest BCUT2D eigenvalue weighted by molar-refractivity contribution is 6.09. The Bertz CT molecular complexity index is 1580. The van der Waals surface area contributed by atoms with Crippen molar-refractivity contribution in [3.8, 4) is 23.1 Å². The number of benzene rings is 3. The molecule has 1 heterocycles. The van der Waals surface area contributed by atoms with Crippen molar-refractivity contribution in [2.75, 3.05) is 13.7 Å². The molecule has 1 aromatic heterocycles. The lowest BCUT2D eigenvalue weighted by molar-refractivity contribution is -0.135. The summed E-state index contributed by atoms with van der Waals surface area (Å²) in [7, 11) is 1.34. The van der Waals surface area contributed by atoms with Gasteiger partial charge in [0, 0.05) is 16.5 Å². The van der Waals surface area contributed by atoms with Gasteiger partial charge in [0.05, 0.1) is 12.5 Å². The summed E-state index contributed by atoms with van der Waals surface area (Å²) >= 11 is 0. The molecule has 0 saturated carbocycles. The molecule has 1 amide bonds. The van der Waals surface area contributed by atoms with Crippen LogP contribution < -0.4 is 14.8 Å². The molecular weight excluding hydrogens is 495 g/mol. The molecule has 0 bridgehead atoms. The van der Waals surface area contributed by atoms with Gasteiger partial charge in [-0.15, -0.1) is 0 Å². The maximum absolute atomic E-state index is 13.6. The van der Waals surface area contributed by atoms with E-state index in [1.165, 1.54) is 31.4 Å².